The van der Waals surface area contributed by atoms with E-state index in [1.807, 2.05) is 17.0 Å². The molecule has 29 heavy (non-hydrogen) atoms. The Morgan fingerprint density at radius 1 is 0.828 bits per heavy atom. The Labute approximate surface area is 177 Å². The van der Waals surface area contributed by atoms with Crippen molar-refractivity contribution >= 4 is 23.3 Å². The molecular weight excluding hydrogens is 380 g/mol. The zero-order valence-electron chi connectivity index (χ0n) is 16.3. The number of benzene rings is 3. The van der Waals surface area contributed by atoms with Crippen molar-refractivity contribution in [2.24, 2.45) is 5.92 Å². The van der Waals surface area contributed by atoms with E-state index >= 15 is 0 Å². The van der Waals surface area contributed by atoms with E-state index in [2.05, 4.69) is 66.0 Å². The fraction of sp³-hybridized carbons (Fsp3) is 0.240. The average Bonchev–Trinajstić information content (AvgIpc) is 2.77. The van der Waals surface area contributed by atoms with Gasteiger partial charge in [-0.3, -0.25) is 0 Å². The summed E-state index contributed by atoms with van der Waals surface area (Å²) in [5.41, 5.74) is 3.47. The van der Waals surface area contributed by atoms with Crippen LogP contribution in [0.2, 0.25) is 5.02 Å². The Hall–Kier alpha value is -2.78. The van der Waals surface area contributed by atoms with Crippen LogP contribution in [0.15, 0.2) is 84.9 Å². The number of likely N-dealkylation sites (tertiary alicyclic amines) is 1. The highest BCUT2D eigenvalue weighted by atomic mass is 35.5. The van der Waals surface area contributed by atoms with Crippen LogP contribution in [-0.4, -0.2) is 24.0 Å². The monoisotopic (exact) mass is 404 g/mol. The summed E-state index contributed by atoms with van der Waals surface area (Å²) in [5, 5.41) is 3.64. The lowest BCUT2D eigenvalue weighted by molar-refractivity contribution is 0.178. The van der Waals surface area contributed by atoms with E-state index < -0.39 is 0 Å². The fourth-order valence-corrected chi connectivity index (χ4v) is 4.36. The van der Waals surface area contributed by atoms with Crippen LogP contribution in [-0.2, 0) is 0 Å². The largest absolute Gasteiger partial charge is 0.325 e. The van der Waals surface area contributed by atoms with Crippen LogP contribution in [0.25, 0.3) is 0 Å². The number of anilines is 1. The first-order chi connectivity index (χ1) is 14.2. The lowest BCUT2D eigenvalue weighted by atomic mass is 9.76. The molecule has 1 heterocycles. The third-order valence-electron chi connectivity index (χ3n) is 5.71. The van der Waals surface area contributed by atoms with Gasteiger partial charge in [-0.15, -0.1) is 0 Å². The molecule has 1 saturated heterocycles. The summed E-state index contributed by atoms with van der Waals surface area (Å²) in [6.07, 6.45) is 1.98. The van der Waals surface area contributed by atoms with E-state index in [4.69, 9.17) is 11.6 Å². The molecule has 3 aromatic rings. The maximum Gasteiger partial charge on any atom is 0.321 e. The van der Waals surface area contributed by atoms with Gasteiger partial charge < -0.3 is 10.2 Å². The topological polar surface area (TPSA) is 32.3 Å². The average molecular weight is 405 g/mol. The Kier molecular flexibility index (Phi) is 6.16. The number of piperidine rings is 1. The molecule has 0 aromatic heterocycles. The number of rotatable bonds is 4. The smallest absolute Gasteiger partial charge is 0.321 e. The molecule has 1 N–H and O–H groups in total. The second-order valence-electron chi connectivity index (χ2n) is 7.56. The van der Waals surface area contributed by atoms with Crippen LogP contribution in [0, 0.1) is 5.92 Å². The number of hydrogen-bond donors (Lipinski definition) is 1. The normalized spacial score (nSPS) is 14.8. The van der Waals surface area contributed by atoms with Gasteiger partial charge in [0.05, 0.1) is 0 Å². The Bertz CT molecular complexity index is 881. The van der Waals surface area contributed by atoms with Gasteiger partial charge in [-0.2, -0.15) is 0 Å². The highest BCUT2D eigenvalue weighted by molar-refractivity contribution is 6.30. The fourth-order valence-electron chi connectivity index (χ4n) is 4.23. The van der Waals surface area contributed by atoms with E-state index in [0.29, 0.717) is 16.9 Å². The molecule has 3 aromatic carbocycles. The van der Waals surface area contributed by atoms with Crippen molar-refractivity contribution in [2.45, 2.75) is 18.8 Å². The van der Waals surface area contributed by atoms with Gasteiger partial charge >= 0.3 is 6.03 Å². The van der Waals surface area contributed by atoms with Crippen LogP contribution < -0.4 is 5.32 Å². The minimum Gasteiger partial charge on any atom is -0.325 e. The summed E-state index contributed by atoms with van der Waals surface area (Å²) in [5.74, 6) is 0.873. The van der Waals surface area contributed by atoms with Crippen molar-refractivity contribution in [3.8, 4) is 0 Å². The molecule has 4 rings (SSSR count). The maximum absolute atomic E-state index is 12.7. The van der Waals surface area contributed by atoms with Gasteiger partial charge in [0.25, 0.3) is 0 Å². The molecule has 0 radical (unpaired) electrons. The van der Waals surface area contributed by atoms with Crippen molar-refractivity contribution in [3.63, 3.8) is 0 Å². The van der Waals surface area contributed by atoms with Crippen molar-refractivity contribution in [1.82, 2.24) is 4.90 Å². The molecule has 1 fully saturated rings. The van der Waals surface area contributed by atoms with Crippen molar-refractivity contribution < 1.29 is 4.79 Å². The number of nitrogens with one attached hydrogen (secondary N) is 1. The van der Waals surface area contributed by atoms with Crippen molar-refractivity contribution in [2.75, 3.05) is 18.4 Å². The van der Waals surface area contributed by atoms with Crippen LogP contribution in [0.1, 0.15) is 29.9 Å². The Morgan fingerprint density at radius 2 is 1.34 bits per heavy atom. The van der Waals surface area contributed by atoms with Gasteiger partial charge in [-0.25, -0.2) is 4.79 Å². The summed E-state index contributed by atoms with van der Waals surface area (Å²) in [4.78, 5) is 14.6. The van der Waals surface area contributed by atoms with E-state index in [1.54, 1.807) is 12.1 Å². The number of carbonyl (C=O) groups excluding carboxylic acids is 1. The SMILES string of the molecule is O=C(Nc1ccc(Cl)cc1)N1CCC(C(c2ccccc2)c2ccccc2)CC1. The molecule has 0 aliphatic carbocycles. The molecule has 3 nitrogen and oxygen atoms in total. The van der Waals surface area contributed by atoms with E-state index in [1.165, 1.54) is 11.1 Å². The first-order valence-corrected chi connectivity index (χ1v) is 10.5. The summed E-state index contributed by atoms with van der Waals surface area (Å²) in [7, 11) is 0. The highest BCUT2D eigenvalue weighted by Gasteiger charge is 2.30. The molecule has 0 unspecified atom stereocenters. The lowest BCUT2D eigenvalue weighted by Gasteiger charge is -2.36. The molecular formula is C25H25ClN2O. The quantitative estimate of drug-likeness (QED) is 0.534. The number of amides is 2. The van der Waals surface area contributed by atoms with E-state index in [-0.39, 0.29) is 6.03 Å². The first kappa shape index (κ1) is 19.5. The van der Waals surface area contributed by atoms with Crippen LogP contribution in [0.4, 0.5) is 10.5 Å². The maximum atomic E-state index is 12.7. The zero-order chi connectivity index (χ0) is 20.1. The number of hydrogen-bond acceptors (Lipinski definition) is 1. The predicted octanol–water partition coefficient (Wildman–Crippen LogP) is 6.42. The molecule has 1 aliphatic heterocycles. The van der Waals surface area contributed by atoms with Gasteiger partial charge in [0.15, 0.2) is 0 Å². The summed E-state index contributed by atoms with van der Waals surface area (Å²) >= 11 is 5.92. The number of urea groups is 1. The Morgan fingerprint density at radius 3 is 1.86 bits per heavy atom. The van der Waals surface area contributed by atoms with Crippen molar-refractivity contribution in [3.05, 3.63) is 101 Å². The van der Waals surface area contributed by atoms with Gasteiger partial charge in [0, 0.05) is 29.7 Å². The van der Waals surface area contributed by atoms with Crippen LogP contribution in [0.3, 0.4) is 0 Å². The number of halogens is 1. The molecule has 4 heteroatoms. The van der Waals surface area contributed by atoms with Gasteiger partial charge in [-0.1, -0.05) is 72.3 Å². The summed E-state index contributed by atoms with van der Waals surface area (Å²) < 4.78 is 0. The summed E-state index contributed by atoms with van der Waals surface area (Å²) in [6, 6.07) is 28.6. The molecule has 0 spiro atoms. The highest BCUT2D eigenvalue weighted by Crippen LogP contribution is 2.38. The molecule has 0 atom stereocenters. The minimum absolute atomic E-state index is 0.0401. The molecule has 0 saturated carbocycles. The van der Waals surface area contributed by atoms with Crippen LogP contribution in [0.5, 0.6) is 0 Å². The van der Waals surface area contributed by atoms with Crippen LogP contribution >= 0.6 is 11.6 Å². The number of carbonyl (C=O) groups is 1. The molecule has 0 bridgehead atoms. The zero-order valence-corrected chi connectivity index (χ0v) is 17.1. The van der Waals surface area contributed by atoms with Crippen molar-refractivity contribution in [1.29, 1.82) is 0 Å². The van der Waals surface area contributed by atoms with E-state index in [0.717, 1.165) is 31.6 Å². The second kappa shape index (κ2) is 9.15. The second-order valence-corrected chi connectivity index (χ2v) is 8.00. The lowest BCUT2D eigenvalue weighted by Crippen LogP contribution is -2.42. The molecule has 2 amide bonds. The minimum atomic E-state index is -0.0401. The molecule has 1 aliphatic rings. The van der Waals surface area contributed by atoms with Gasteiger partial charge in [0.1, 0.15) is 0 Å². The van der Waals surface area contributed by atoms with Gasteiger partial charge in [0.2, 0.25) is 0 Å². The Balaban J connectivity index is 1.44. The standard InChI is InChI=1S/C25H25ClN2O/c26-22-11-13-23(14-12-22)27-25(29)28-17-15-21(16-18-28)24(19-7-3-1-4-8-19)20-9-5-2-6-10-20/h1-14,21,24H,15-18H2,(H,27,29). The predicted molar refractivity (Wildman–Crippen MR) is 119 cm³/mol. The van der Waals surface area contributed by atoms with Gasteiger partial charge in [-0.05, 0) is 54.2 Å². The third kappa shape index (κ3) is 4.80. The molecule has 148 valence electrons. The third-order valence-corrected chi connectivity index (χ3v) is 5.96. The van der Waals surface area contributed by atoms with E-state index in [9.17, 15) is 4.79 Å². The summed E-state index contributed by atoms with van der Waals surface area (Å²) in [6.45, 7) is 1.53. The first-order valence-electron chi connectivity index (χ1n) is 10.1. The number of nitrogens with zero attached hydrogens (tertiary/aromatic N) is 1.